The van der Waals surface area contributed by atoms with Crippen molar-refractivity contribution in [1.29, 1.82) is 0 Å². The minimum atomic E-state index is -0.738. The van der Waals surface area contributed by atoms with Crippen molar-refractivity contribution >= 4 is 23.2 Å². The molecule has 0 fully saturated rings. The zero-order chi connectivity index (χ0) is 16.8. The summed E-state index contributed by atoms with van der Waals surface area (Å²) in [6, 6.07) is 11.9. The second-order valence-electron chi connectivity index (χ2n) is 5.92. The van der Waals surface area contributed by atoms with Gasteiger partial charge >= 0.3 is 0 Å². The van der Waals surface area contributed by atoms with Gasteiger partial charge in [0.25, 0.3) is 0 Å². The molecule has 4 rings (SSSR count). The lowest BCUT2D eigenvalue weighted by atomic mass is 9.97. The highest BCUT2D eigenvalue weighted by Gasteiger charge is 2.41. The Bertz CT molecular complexity index is 890. The predicted molar refractivity (Wildman–Crippen MR) is 89.2 cm³/mol. The van der Waals surface area contributed by atoms with Crippen LogP contribution in [0.4, 0.5) is 5.69 Å². The van der Waals surface area contributed by atoms with Gasteiger partial charge in [-0.25, -0.2) is 0 Å². The molecule has 120 valence electrons. The zero-order valence-electron chi connectivity index (χ0n) is 12.8. The standard InChI is InChI=1S/C18H15N3O3/c19-18(24)14-7-11-6-12(22)8-13-16(10-4-2-1-3-5-10)20-9-15(23)21(14)17(11)13/h1-6,8,14,22H,7,9H2,(H2,19,24)/t14-/m0/s1. The lowest BCUT2D eigenvalue weighted by Crippen LogP contribution is -2.46. The van der Waals surface area contributed by atoms with E-state index >= 15 is 0 Å². The number of aromatic hydroxyl groups is 1. The summed E-state index contributed by atoms with van der Waals surface area (Å²) in [5, 5.41) is 10.1. The fourth-order valence-electron chi connectivity index (χ4n) is 3.43. The number of rotatable bonds is 2. The van der Waals surface area contributed by atoms with E-state index in [1.54, 1.807) is 12.1 Å². The van der Waals surface area contributed by atoms with Crippen LogP contribution in [-0.4, -0.2) is 35.2 Å². The van der Waals surface area contributed by atoms with E-state index in [9.17, 15) is 14.7 Å². The smallest absolute Gasteiger partial charge is 0.249 e. The summed E-state index contributed by atoms with van der Waals surface area (Å²) < 4.78 is 0. The summed E-state index contributed by atoms with van der Waals surface area (Å²) in [4.78, 5) is 30.2. The number of hydrogen-bond acceptors (Lipinski definition) is 4. The van der Waals surface area contributed by atoms with Crippen molar-refractivity contribution in [3.05, 3.63) is 59.2 Å². The molecule has 0 saturated heterocycles. The average molecular weight is 321 g/mol. The molecule has 24 heavy (non-hydrogen) atoms. The highest BCUT2D eigenvalue weighted by molar-refractivity contribution is 6.21. The number of benzene rings is 2. The molecule has 2 aliphatic heterocycles. The van der Waals surface area contributed by atoms with Crippen LogP contribution >= 0.6 is 0 Å². The fraction of sp³-hybridized carbons (Fsp3) is 0.167. The van der Waals surface area contributed by atoms with Crippen LogP contribution in [0.2, 0.25) is 0 Å². The fourth-order valence-corrected chi connectivity index (χ4v) is 3.43. The van der Waals surface area contributed by atoms with E-state index in [-0.39, 0.29) is 18.2 Å². The minimum Gasteiger partial charge on any atom is -0.508 e. The molecule has 0 radical (unpaired) electrons. The number of carbonyl (C=O) groups excluding carboxylic acids is 2. The van der Waals surface area contributed by atoms with Crippen molar-refractivity contribution in [3.63, 3.8) is 0 Å². The first-order valence-corrected chi connectivity index (χ1v) is 7.64. The monoisotopic (exact) mass is 321 g/mol. The van der Waals surface area contributed by atoms with Gasteiger partial charge in [0.05, 0.1) is 11.4 Å². The third kappa shape index (κ3) is 2.07. The van der Waals surface area contributed by atoms with Gasteiger partial charge in [0.1, 0.15) is 18.3 Å². The number of anilines is 1. The van der Waals surface area contributed by atoms with Gasteiger partial charge in [-0.2, -0.15) is 0 Å². The molecule has 0 spiro atoms. The minimum absolute atomic E-state index is 0.0666. The van der Waals surface area contributed by atoms with Crippen molar-refractivity contribution in [2.75, 3.05) is 11.4 Å². The van der Waals surface area contributed by atoms with Gasteiger partial charge in [0, 0.05) is 17.5 Å². The van der Waals surface area contributed by atoms with Gasteiger partial charge in [0.15, 0.2) is 0 Å². The molecule has 3 N–H and O–H groups in total. The van der Waals surface area contributed by atoms with Crippen molar-refractivity contribution in [3.8, 4) is 5.75 Å². The topological polar surface area (TPSA) is 96.0 Å². The first kappa shape index (κ1) is 14.4. The third-order valence-electron chi connectivity index (χ3n) is 4.41. The normalized spacial score (nSPS) is 18.8. The molecule has 2 aromatic carbocycles. The van der Waals surface area contributed by atoms with Crippen LogP contribution in [0.1, 0.15) is 16.7 Å². The van der Waals surface area contributed by atoms with Crippen LogP contribution in [-0.2, 0) is 16.0 Å². The van der Waals surface area contributed by atoms with E-state index in [1.807, 2.05) is 30.3 Å². The Labute approximate surface area is 138 Å². The molecule has 0 aromatic heterocycles. The van der Waals surface area contributed by atoms with E-state index in [2.05, 4.69) is 4.99 Å². The maximum atomic E-state index is 12.6. The molecule has 1 atom stereocenters. The Kier molecular flexibility index (Phi) is 3.13. The molecule has 2 aliphatic rings. The molecule has 0 bridgehead atoms. The largest absolute Gasteiger partial charge is 0.508 e. The number of hydrogen-bond donors (Lipinski definition) is 2. The third-order valence-corrected chi connectivity index (χ3v) is 4.41. The Morgan fingerprint density at radius 3 is 2.71 bits per heavy atom. The van der Waals surface area contributed by atoms with E-state index in [1.165, 1.54) is 4.90 Å². The second-order valence-corrected chi connectivity index (χ2v) is 5.92. The van der Waals surface area contributed by atoms with Gasteiger partial charge in [-0.3, -0.25) is 19.5 Å². The molecular formula is C18H15N3O3. The van der Waals surface area contributed by atoms with Crippen LogP contribution in [0.5, 0.6) is 5.75 Å². The summed E-state index contributed by atoms with van der Waals surface area (Å²) in [6.07, 6.45) is 0.305. The Morgan fingerprint density at radius 2 is 2.00 bits per heavy atom. The molecule has 2 aromatic rings. The first-order chi connectivity index (χ1) is 11.6. The number of amides is 2. The average Bonchev–Trinajstić information content (AvgIpc) is 2.88. The first-order valence-electron chi connectivity index (χ1n) is 7.64. The molecular weight excluding hydrogens is 306 g/mol. The molecule has 2 amide bonds. The van der Waals surface area contributed by atoms with E-state index in [4.69, 9.17) is 5.73 Å². The van der Waals surface area contributed by atoms with Crippen molar-refractivity contribution in [1.82, 2.24) is 0 Å². The molecule has 0 unspecified atom stereocenters. The van der Waals surface area contributed by atoms with Crippen LogP contribution in [0, 0.1) is 0 Å². The molecule has 2 heterocycles. The summed E-state index contributed by atoms with van der Waals surface area (Å²) in [6.45, 7) is -0.0666. The maximum Gasteiger partial charge on any atom is 0.249 e. The molecule has 0 saturated carbocycles. The Balaban J connectivity index is 1.97. The van der Waals surface area contributed by atoms with Crippen LogP contribution < -0.4 is 10.6 Å². The number of primary amides is 1. The number of nitrogens with zero attached hydrogens (tertiary/aromatic N) is 2. The van der Waals surface area contributed by atoms with E-state index < -0.39 is 11.9 Å². The summed E-state index contributed by atoms with van der Waals surface area (Å²) in [5.41, 5.74) is 8.96. The number of carbonyl (C=O) groups is 2. The summed E-state index contributed by atoms with van der Waals surface area (Å²) >= 11 is 0. The van der Waals surface area contributed by atoms with Crippen LogP contribution in [0.25, 0.3) is 0 Å². The SMILES string of the molecule is NC(=O)[C@@H]1Cc2cc(O)cc3c2N1C(=O)CN=C3c1ccccc1. The van der Waals surface area contributed by atoms with E-state index in [0.717, 1.165) is 11.1 Å². The Morgan fingerprint density at radius 1 is 1.25 bits per heavy atom. The van der Waals surface area contributed by atoms with Gasteiger partial charge in [-0.05, 0) is 17.7 Å². The predicted octanol–water partition coefficient (Wildman–Crippen LogP) is 0.986. The molecule has 6 heteroatoms. The summed E-state index contributed by atoms with van der Waals surface area (Å²) in [7, 11) is 0. The van der Waals surface area contributed by atoms with Crippen LogP contribution in [0.15, 0.2) is 47.5 Å². The second kappa shape index (κ2) is 5.19. The van der Waals surface area contributed by atoms with Crippen molar-refractivity contribution in [2.24, 2.45) is 10.7 Å². The zero-order valence-corrected chi connectivity index (χ0v) is 12.8. The van der Waals surface area contributed by atoms with Crippen molar-refractivity contribution < 1.29 is 14.7 Å². The number of aliphatic imine (C=N–C) groups is 1. The maximum absolute atomic E-state index is 12.6. The highest BCUT2D eigenvalue weighted by Crippen LogP contribution is 2.40. The summed E-state index contributed by atoms with van der Waals surface area (Å²) in [5.74, 6) is -0.754. The quantitative estimate of drug-likeness (QED) is 0.863. The lowest BCUT2D eigenvalue weighted by molar-refractivity contribution is -0.123. The van der Waals surface area contributed by atoms with Gasteiger partial charge < -0.3 is 10.8 Å². The Hall–Kier alpha value is -3.15. The number of phenols is 1. The van der Waals surface area contributed by atoms with Gasteiger partial charge in [-0.15, -0.1) is 0 Å². The highest BCUT2D eigenvalue weighted by atomic mass is 16.3. The van der Waals surface area contributed by atoms with Crippen molar-refractivity contribution in [2.45, 2.75) is 12.5 Å². The van der Waals surface area contributed by atoms with E-state index in [0.29, 0.717) is 23.4 Å². The molecule has 0 aliphatic carbocycles. The number of nitrogens with two attached hydrogens (primary N) is 1. The molecule has 6 nitrogen and oxygen atoms in total. The lowest BCUT2D eigenvalue weighted by Gasteiger charge is -2.22. The van der Waals surface area contributed by atoms with Crippen LogP contribution in [0.3, 0.4) is 0 Å². The van der Waals surface area contributed by atoms with Gasteiger partial charge in [-0.1, -0.05) is 30.3 Å². The van der Waals surface area contributed by atoms with Gasteiger partial charge in [0.2, 0.25) is 11.8 Å². The number of phenolic OH excluding ortho intramolecular Hbond substituents is 1.